The van der Waals surface area contributed by atoms with Crippen LogP contribution in [-0.4, -0.2) is 13.2 Å². The van der Waals surface area contributed by atoms with Crippen molar-refractivity contribution in [3.05, 3.63) is 35.4 Å². The molecule has 1 fully saturated rings. The topological polar surface area (TPSA) is 18.5 Å². The maximum atomic E-state index is 5.87. The summed E-state index contributed by atoms with van der Waals surface area (Å²) < 4.78 is 11.7. The van der Waals surface area contributed by atoms with Crippen LogP contribution in [-0.2, 0) is 20.7 Å². The van der Waals surface area contributed by atoms with Gasteiger partial charge in [-0.3, -0.25) is 0 Å². The zero-order valence-electron chi connectivity index (χ0n) is 12.0. The molecule has 0 atom stereocenters. The third kappa shape index (κ3) is 2.60. The normalized spacial score (nSPS) is 19.1. The average Bonchev–Trinajstić information content (AvgIpc) is 2.78. The van der Waals surface area contributed by atoms with Crippen LogP contribution < -0.4 is 0 Å². The Morgan fingerprint density at radius 2 is 1.61 bits per heavy atom. The van der Waals surface area contributed by atoms with E-state index in [1.165, 1.54) is 5.56 Å². The Morgan fingerprint density at radius 1 is 1.06 bits per heavy atom. The van der Waals surface area contributed by atoms with Crippen LogP contribution >= 0.6 is 0 Å². The molecule has 0 aromatic heterocycles. The second-order valence-corrected chi connectivity index (χ2v) is 6.03. The number of rotatable bonds is 3. The van der Waals surface area contributed by atoms with E-state index in [4.69, 9.17) is 9.47 Å². The molecule has 100 valence electrons. The van der Waals surface area contributed by atoms with Gasteiger partial charge in [0.1, 0.15) is 0 Å². The van der Waals surface area contributed by atoms with Crippen LogP contribution in [0, 0.1) is 0 Å². The number of ether oxygens (including phenoxy) is 2. The van der Waals surface area contributed by atoms with E-state index in [1.54, 1.807) is 0 Å². The highest BCUT2D eigenvalue weighted by molar-refractivity contribution is 5.30. The van der Waals surface area contributed by atoms with Gasteiger partial charge in [-0.15, -0.1) is 0 Å². The highest BCUT2D eigenvalue weighted by atomic mass is 16.7. The molecule has 1 heterocycles. The molecule has 2 heteroatoms. The minimum absolute atomic E-state index is 0.188. The molecule has 0 spiro atoms. The predicted octanol–water partition coefficient (Wildman–Crippen LogP) is 3.98. The van der Waals surface area contributed by atoms with Crippen molar-refractivity contribution in [3.8, 4) is 0 Å². The highest BCUT2D eigenvalue weighted by Crippen LogP contribution is 2.36. The summed E-state index contributed by atoms with van der Waals surface area (Å²) in [5, 5.41) is 0. The van der Waals surface area contributed by atoms with Crippen molar-refractivity contribution in [2.75, 3.05) is 13.2 Å². The summed E-state index contributed by atoms with van der Waals surface area (Å²) in [4.78, 5) is 0. The van der Waals surface area contributed by atoms with E-state index >= 15 is 0 Å². The molecule has 1 aromatic carbocycles. The summed E-state index contributed by atoms with van der Waals surface area (Å²) in [6.07, 6.45) is 1.98. The third-order valence-electron chi connectivity index (χ3n) is 3.52. The molecule has 0 bridgehead atoms. The monoisotopic (exact) mass is 248 g/mol. The Morgan fingerprint density at radius 3 is 2.06 bits per heavy atom. The van der Waals surface area contributed by atoms with Crippen molar-refractivity contribution in [1.29, 1.82) is 0 Å². The molecular formula is C16H24O2. The van der Waals surface area contributed by atoms with E-state index in [0.717, 1.165) is 18.4 Å². The fourth-order valence-corrected chi connectivity index (χ4v) is 2.46. The van der Waals surface area contributed by atoms with Gasteiger partial charge in [-0.2, -0.15) is 0 Å². The van der Waals surface area contributed by atoms with Crippen LogP contribution in [0.5, 0.6) is 0 Å². The lowest BCUT2D eigenvalue weighted by molar-refractivity contribution is -0.171. The van der Waals surface area contributed by atoms with Crippen LogP contribution in [0.4, 0.5) is 0 Å². The first-order chi connectivity index (χ1) is 8.48. The van der Waals surface area contributed by atoms with Crippen LogP contribution in [0.25, 0.3) is 0 Å². The molecular weight excluding hydrogens is 224 g/mol. The molecule has 2 nitrogen and oxygen atoms in total. The minimum atomic E-state index is -0.495. The van der Waals surface area contributed by atoms with E-state index in [0.29, 0.717) is 13.2 Å². The van der Waals surface area contributed by atoms with Crippen molar-refractivity contribution in [2.24, 2.45) is 0 Å². The molecule has 0 radical (unpaired) electrons. The molecule has 1 aliphatic rings. The molecule has 2 rings (SSSR count). The molecule has 1 saturated heterocycles. The Labute approximate surface area is 110 Å². The van der Waals surface area contributed by atoms with E-state index in [9.17, 15) is 0 Å². The Balaban J connectivity index is 2.27. The van der Waals surface area contributed by atoms with Crippen molar-refractivity contribution >= 4 is 0 Å². The minimum Gasteiger partial charge on any atom is -0.343 e. The van der Waals surface area contributed by atoms with Crippen LogP contribution in [0.3, 0.4) is 0 Å². The zero-order chi connectivity index (χ0) is 13.2. The summed E-state index contributed by atoms with van der Waals surface area (Å²) in [5.74, 6) is -0.495. The fraction of sp³-hybridized carbons (Fsp3) is 0.625. The first-order valence-corrected chi connectivity index (χ1v) is 6.87. The smallest absolute Gasteiger partial charge is 0.194 e. The van der Waals surface area contributed by atoms with Gasteiger partial charge in [0, 0.05) is 12.0 Å². The van der Waals surface area contributed by atoms with Crippen LogP contribution in [0.2, 0.25) is 0 Å². The van der Waals surface area contributed by atoms with Crippen molar-refractivity contribution in [3.63, 3.8) is 0 Å². The van der Waals surface area contributed by atoms with Crippen molar-refractivity contribution in [1.82, 2.24) is 0 Å². The van der Waals surface area contributed by atoms with Gasteiger partial charge in [0.15, 0.2) is 5.79 Å². The van der Waals surface area contributed by atoms with E-state index in [-0.39, 0.29) is 5.41 Å². The predicted molar refractivity (Wildman–Crippen MR) is 73.6 cm³/mol. The van der Waals surface area contributed by atoms with Gasteiger partial charge < -0.3 is 9.47 Å². The summed E-state index contributed by atoms with van der Waals surface area (Å²) >= 11 is 0. The van der Waals surface area contributed by atoms with Crippen LogP contribution in [0.1, 0.15) is 51.7 Å². The maximum Gasteiger partial charge on any atom is 0.194 e. The molecule has 0 saturated carbocycles. The first-order valence-electron chi connectivity index (χ1n) is 6.87. The van der Waals surface area contributed by atoms with Crippen molar-refractivity contribution in [2.45, 2.75) is 51.7 Å². The molecule has 0 unspecified atom stereocenters. The average molecular weight is 248 g/mol. The number of hydrogen-bond donors (Lipinski definition) is 0. The van der Waals surface area contributed by atoms with Gasteiger partial charge in [-0.1, -0.05) is 58.4 Å². The zero-order valence-corrected chi connectivity index (χ0v) is 12.0. The van der Waals surface area contributed by atoms with Gasteiger partial charge in [-0.25, -0.2) is 0 Å². The second kappa shape index (κ2) is 5.02. The highest BCUT2D eigenvalue weighted by Gasteiger charge is 2.37. The Kier molecular flexibility index (Phi) is 3.79. The van der Waals surface area contributed by atoms with Crippen molar-refractivity contribution < 1.29 is 9.47 Å². The molecule has 1 aliphatic heterocycles. The van der Waals surface area contributed by atoms with Gasteiger partial charge >= 0.3 is 0 Å². The SMILES string of the molecule is CCCC1(c2ccc(C(C)(C)C)cc2)OCCO1. The Hall–Kier alpha value is -0.860. The van der Waals surface area contributed by atoms with E-state index in [2.05, 4.69) is 52.0 Å². The number of benzene rings is 1. The van der Waals surface area contributed by atoms with E-state index < -0.39 is 5.79 Å². The number of hydrogen-bond acceptors (Lipinski definition) is 2. The molecule has 0 amide bonds. The summed E-state index contributed by atoms with van der Waals surface area (Å²) in [7, 11) is 0. The Bertz CT molecular complexity index is 381. The lowest BCUT2D eigenvalue weighted by atomic mass is 9.86. The second-order valence-electron chi connectivity index (χ2n) is 6.03. The fourth-order valence-electron chi connectivity index (χ4n) is 2.46. The van der Waals surface area contributed by atoms with E-state index in [1.807, 2.05) is 0 Å². The van der Waals surface area contributed by atoms with Gasteiger partial charge in [0.05, 0.1) is 13.2 Å². The van der Waals surface area contributed by atoms with Crippen LogP contribution in [0.15, 0.2) is 24.3 Å². The molecule has 1 aromatic rings. The molecule has 0 aliphatic carbocycles. The van der Waals surface area contributed by atoms with Gasteiger partial charge in [0.2, 0.25) is 0 Å². The largest absolute Gasteiger partial charge is 0.343 e. The maximum absolute atomic E-state index is 5.87. The van der Waals surface area contributed by atoms with Gasteiger partial charge in [-0.05, 0) is 11.0 Å². The lowest BCUT2D eigenvalue weighted by Gasteiger charge is -2.28. The molecule has 18 heavy (non-hydrogen) atoms. The first kappa shape index (κ1) is 13.6. The standard InChI is InChI=1S/C16H24O2/c1-5-10-16(17-11-12-18-16)14-8-6-13(7-9-14)15(2,3)4/h6-9H,5,10-12H2,1-4H3. The lowest BCUT2D eigenvalue weighted by Crippen LogP contribution is -2.27. The third-order valence-corrected chi connectivity index (χ3v) is 3.52. The summed E-state index contributed by atoms with van der Waals surface area (Å²) in [5.41, 5.74) is 2.68. The summed E-state index contributed by atoms with van der Waals surface area (Å²) in [6.45, 7) is 10.2. The summed E-state index contributed by atoms with van der Waals surface area (Å²) in [6, 6.07) is 8.69. The van der Waals surface area contributed by atoms with Gasteiger partial charge in [0.25, 0.3) is 0 Å². The molecule has 0 N–H and O–H groups in total. The quantitative estimate of drug-likeness (QED) is 0.805.